The molecule has 0 radical (unpaired) electrons. The molecule has 1 amide bonds. The van der Waals surface area contributed by atoms with Crippen LogP contribution in [0.3, 0.4) is 0 Å². The SMILES string of the molecule is O=C(NC1CC=CC1)c1ccnc(Cl)c1[N+](=O)[O-]. The highest BCUT2D eigenvalue weighted by molar-refractivity contribution is 6.32. The third kappa shape index (κ3) is 2.48. The van der Waals surface area contributed by atoms with Gasteiger partial charge in [0.25, 0.3) is 5.91 Å². The van der Waals surface area contributed by atoms with Gasteiger partial charge in [0.2, 0.25) is 5.15 Å². The van der Waals surface area contributed by atoms with E-state index in [2.05, 4.69) is 10.3 Å². The maximum Gasteiger partial charge on any atom is 0.319 e. The van der Waals surface area contributed by atoms with Gasteiger partial charge in [0.15, 0.2) is 0 Å². The van der Waals surface area contributed by atoms with Crippen LogP contribution in [0.25, 0.3) is 0 Å². The van der Waals surface area contributed by atoms with Crippen LogP contribution in [-0.2, 0) is 0 Å². The van der Waals surface area contributed by atoms with Crippen LogP contribution in [0.2, 0.25) is 5.15 Å². The number of nitrogens with zero attached hydrogens (tertiary/aromatic N) is 2. The molecule has 0 unspecified atom stereocenters. The first-order valence-electron chi connectivity index (χ1n) is 5.34. The van der Waals surface area contributed by atoms with E-state index in [1.165, 1.54) is 12.3 Å². The predicted octanol–water partition coefficient (Wildman–Crippen LogP) is 2.09. The summed E-state index contributed by atoms with van der Waals surface area (Å²) in [6.07, 6.45) is 6.66. The van der Waals surface area contributed by atoms with Gasteiger partial charge in [-0.25, -0.2) is 4.98 Å². The predicted molar refractivity (Wildman–Crippen MR) is 65.5 cm³/mol. The third-order valence-electron chi connectivity index (χ3n) is 2.65. The summed E-state index contributed by atoms with van der Waals surface area (Å²) in [5.41, 5.74) is -0.519. The Morgan fingerprint density at radius 1 is 1.50 bits per heavy atom. The van der Waals surface area contributed by atoms with Crippen LogP contribution in [-0.4, -0.2) is 21.9 Å². The number of carbonyl (C=O) groups is 1. The molecule has 0 aromatic carbocycles. The van der Waals surface area contributed by atoms with E-state index in [9.17, 15) is 14.9 Å². The second-order valence-electron chi connectivity index (χ2n) is 3.87. The first-order chi connectivity index (χ1) is 8.59. The van der Waals surface area contributed by atoms with Gasteiger partial charge in [-0.05, 0) is 18.9 Å². The molecule has 0 aliphatic heterocycles. The maximum atomic E-state index is 11.9. The molecule has 94 valence electrons. The molecule has 1 aliphatic carbocycles. The molecule has 0 spiro atoms. The zero-order chi connectivity index (χ0) is 13.1. The van der Waals surface area contributed by atoms with Gasteiger partial charge in [-0.3, -0.25) is 14.9 Å². The van der Waals surface area contributed by atoms with Crippen molar-refractivity contribution in [2.45, 2.75) is 18.9 Å². The Morgan fingerprint density at radius 2 is 2.17 bits per heavy atom. The molecule has 1 aromatic heterocycles. The highest BCUT2D eigenvalue weighted by Gasteiger charge is 2.26. The van der Waals surface area contributed by atoms with E-state index < -0.39 is 16.5 Å². The molecular formula is C11H10ClN3O3. The van der Waals surface area contributed by atoms with Crippen LogP contribution in [0, 0.1) is 10.1 Å². The minimum atomic E-state index is -0.697. The van der Waals surface area contributed by atoms with Crippen molar-refractivity contribution in [2.24, 2.45) is 0 Å². The van der Waals surface area contributed by atoms with E-state index in [1.807, 2.05) is 12.2 Å². The molecule has 1 aliphatic rings. The van der Waals surface area contributed by atoms with Crippen LogP contribution in [0.4, 0.5) is 5.69 Å². The summed E-state index contributed by atoms with van der Waals surface area (Å²) in [5.74, 6) is -0.500. The highest BCUT2D eigenvalue weighted by Crippen LogP contribution is 2.26. The second kappa shape index (κ2) is 5.14. The van der Waals surface area contributed by atoms with Crippen molar-refractivity contribution >= 4 is 23.2 Å². The average molecular weight is 268 g/mol. The van der Waals surface area contributed by atoms with Crippen LogP contribution in [0.1, 0.15) is 23.2 Å². The minimum Gasteiger partial charge on any atom is -0.348 e. The molecular weight excluding hydrogens is 258 g/mol. The molecule has 0 saturated heterocycles. The lowest BCUT2D eigenvalue weighted by Crippen LogP contribution is -2.33. The van der Waals surface area contributed by atoms with Crippen molar-refractivity contribution in [1.29, 1.82) is 0 Å². The van der Waals surface area contributed by atoms with E-state index >= 15 is 0 Å². The molecule has 0 bridgehead atoms. The van der Waals surface area contributed by atoms with Crippen LogP contribution in [0.15, 0.2) is 24.4 Å². The molecule has 1 aromatic rings. The van der Waals surface area contributed by atoms with Gasteiger partial charge >= 0.3 is 5.69 Å². The Balaban J connectivity index is 2.24. The largest absolute Gasteiger partial charge is 0.348 e. The van der Waals surface area contributed by atoms with Crippen molar-refractivity contribution in [3.8, 4) is 0 Å². The van der Waals surface area contributed by atoms with Crippen molar-refractivity contribution in [3.63, 3.8) is 0 Å². The Morgan fingerprint density at radius 3 is 2.78 bits per heavy atom. The van der Waals surface area contributed by atoms with E-state index in [0.29, 0.717) is 0 Å². The number of halogens is 1. The average Bonchev–Trinajstić information content (AvgIpc) is 2.80. The van der Waals surface area contributed by atoms with Gasteiger partial charge in [-0.15, -0.1) is 0 Å². The maximum absolute atomic E-state index is 11.9. The molecule has 1 heterocycles. The molecule has 0 fully saturated rings. The highest BCUT2D eigenvalue weighted by atomic mass is 35.5. The fraction of sp³-hybridized carbons (Fsp3) is 0.273. The normalized spacial score (nSPS) is 14.7. The number of carbonyl (C=O) groups excluding carboxylic acids is 1. The zero-order valence-corrected chi connectivity index (χ0v) is 10.1. The summed E-state index contributed by atoms with van der Waals surface area (Å²) in [6.45, 7) is 0. The van der Waals surface area contributed by atoms with Crippen molar-refractivity contribution in [3.05, 3.63) is 45.2 Å². The van der Waals surface area contributed by atoms with Crippen molar-refractivity contribution in [2.75, 3.05) is 0 Å². The molecule has 2 rings (SSSR count). The van der Waals surface area contributed by atoms with E-state index in [-0.39, 0.29) is 16.8 Å². The summed E-state index contributed by atoms with van der Waals surface area (Å²) in [7, 11) is 0. The number of hydrogen-bond donors (Lipinski definition) is 1. The molecule has 0 saturated carbocycles. The van der Waals surface area contributed by atoms with Gasteiger partial charge in [0.1, 0.15) is 5.56 Å². The molecule has 1 N–H and O–H groups in total. The second-order valence-corrected chi connectivity index (χ2v) is 4.23. The molecule has 6 nitrogen and oxygen atoms in total. The first kappa shape index (κ1) is 12.5. The van der Waals surface area contributed by atoms with Gasteiger partial charge in [0.05, 0.1) is 4.92 Å². The summed E-state index contributed by atoms with van der Waals surface area (Å²) in [4.78, 5) is 25.7. The lowest BCUT2D eigenvalue weighted by molar-refractivity contribution is -0.385. The topological polar surface area (TPSA) is 85.1 Å². The Hall–Kier alpha value is -1.95. The Kier molecular flexibility index (Phi) is 3.57. The van der Waals surface area contributed by atoms with E-state index in [4.69, 9.17) is 11.6 Å². The summed E-state index contributed by atoms with van der Waals surface area (Å²) in [6, 6.07) is 1.28. The smallest absolute Gasteiger partial charge is 0.319 e. The zero-order valence-electron chi connectivity index (χ0n) is 9.30. The number of nitrogens with one attached hydrogen (secondary N) is 1. The lowest BCUT2D eigenvalue weighted by Gasteiger charge is -2.12. The van der Waals surface area contributed by atoms with E-state index in [0.717, 1.165) is 12.8 Å². The monoisotopic (exact) mass is 267 g/mol. The standard InChI is InChI=1S/C11H10ClN3O3/c12-10-9(15(17)18)8(5-6-13-10)11(16)14-7-3-1-2-4-7/h1-2,5-7H,3-4H2,(H,14,16). The van der Waals surface area contributed by atoms with Crippen LogP contribution >= 0.6 is 11.6 Å². The number of rotatable bonds is 3. The number of pyridine rings is 1. The van der Waals surface area contributed by atoms with Gasteiger partial charge in [0, 0.05) is 12.2 Å². The quantitative estimate of drug-likeness (QED) is 0.393. The minimum absolute atomic E-state index is 0.0101. The number of hydrogen-bond acceptors (Lipinski definition) is 4. The van der Waals surface area contributed by atoms with Crippen LogP contribution < -0.4 is 5.32 Å². The fourth-order valence-corrected chi connectivity index (χ4v) is 2.01. The number of amides is 1. The van der Waals surface area contributed by atoms with E-state index in [1.54, 1.807) is 0 Å². The molecule has 7 heteroatoms. The molecule has 18 heavy (non-hydrogen) atoms. The number of nitro groups is 1. The lowest BCUT2D eigenvalue weighted by atomic mass is 10.2. The summed E-state index contributed by atoms with van der Waals surface area (Å²) < 4.78 is 0. The van der Waals surface area contributed by atoms with Gasteiger partial charge in [-0.1, -0.05) is 23.8 Å². The van der Waals surface area contributed by atoms with Crippen molar-refractivity contribution in [1.82, 2.24) is 10.3 Å². The van der Waals surface area contributed by atoms with Gasteiger partial charge in [-0.2, -0.15) is 0 Å². The van der Waals surface area contributed by atoms with Crippen LogP contribution in [0.5, 0.6) is 0 Å². The first-order valence-corrected chi connectivity index (χ1v) is 5.72. The third-order valence-corrected chi connectivity index (χ3v) is 2.93. The summed E-state index contributed by atoms with van der Waals surface area (Å²) in [5, 5.41) is 13.3. The Bertz CT molecular complexity index is 522. The van der Waals surface area contributed by atoms with Gasteiger partial charge < -0.3 is 5.32 Å². The molecule has 0 atom stereocenters. The number of aromatic nitrogens is 1. The Labute approximate surface area is 108 Å². The van der Waals surface area contributed by atoms with Crippen molar-refractivity contribution < 1.29 is 9.72 Å². The fourth-order valence-electron chi connectivity index (χ4n) is 1.78. The summed E-state index contributed by atoms with van der Waals surface area (Å²) >= 11 is 5.64.